The third kappa shape index (κ3) is 2.35. The number of hydrogen-bond acceptors (Lipinski definition) is 5. The number of hydrogen-bond donors (Lipinski definition) is 0. The van der Waals surface area contributed by atoms with Gasteiger partial charge in [0, 0.05) is 24.5 Å². The Kier molecular flexibility index (Phi) is 3.56. The van der Waals surface area contributed by atoms with E-state index in [0.29, 0.717) is 24.0 Å². The predicted octanol–water partition coefficient (Wildman–Crippen LogP) is 2.48. The summed E-state index contributed by atoms with van der Waals surface area (Å²) in [6.07, 6.45) is 8.53. The van der Waals surface area contributed by atoms with Gasteiger partial charge < -0.3 is 4.90 Å². The number of anilines is 1. The lowest BCUT2D eigenvalue weighted by Gasteiger charge is -2.28. The van der Waals surface area contributed by atoms with Crippen molar-refractivity contribution in [2.45, 2.75) is 45.2 Å². The van der Waals surface area contributed by atoms with Crippen molar-refractivity contribution >= 4 is 17.5 Å². The van der Waals surface area contributed by atoms with Crippen LogP contribution in [0.3, 0.4) is 0 Å². The summed E-state index contributed by atoms with van der Waals surface area (Å²) in [6.45, 7) is 4.39. The van der Waals surface area contributed by atoms with Crippen LogP contribution in [0, 0.1) is 0 Å². The van der Waals surface area contributed by atoms with Crippen LogP contribution >= 0.6 is 11.6 Å². The molecule has 1 aliphatic heterocycles. The molecule has 0 bridgehead atoms. The zero-order chi connectivity index (χ0) is 14.1. The molecule has 0 N–H and O–H groups in total. The minimum atomic E-state index is 0.215. The second-order valence-corrected chi connectivity index (χ2v) is 5.41. The first-order valence-corrected chi connectivity index (χ1v) is 7.25. The third-order valence-electron chi connectivity index (χ3n) is 3.81. The molecule has 1 aliphatic rings. The van der Waals surface area contributed by atoms with Crippen molar-refractivity contribution in [3.63, 3.8) is 0 Å². The average molecular weight is 293 g/mol. The highest BCUT2D eigenvalue weighted by Gasteiger charge is 2.31. The lowest BCUT2D eigenvalue weighted by Crippen LogP contribution is -2.36. The van der Waals surface area contributed by atoms with Crippen molar-refractivity contribution in [3.05, 3.63) is 24.0 Å². The smallest absolute Gasteiger partial charge is 0.241 e. The summed E-state index contributed by atoms with van der Waals surface area (Å²) in [5, 5.41) is 0.215. The topological polar surface area (TPSA) is 59.7 Å². The molecule has 2 aromatic heterocycles. The molecule has 0 radical (unpaired) electrons. The molecule has 7 heteroatoms. The molecular weight excluding hydrogens is 276 g/mol. The van der Waals surface area contributed by atoms with Crippen molar-refractivity contribution in [1.29, 1.82) is 0 Å². The Morgan fingerprint density at radius 1 is 1.25 bits per heavy atom. The number of halogens is 1. The van der Waals surface area contributed by atoms with E-state index in [1.807, 2.05) is 0 Å². The molecule has 3 rings (SSSR count). The van der Waals surface area contributed by atoms with Crippen LogP contribution in [0.1, 0.15) is 33.1 Å². The summed E-state index contributed by atoms with van der Waals surface area (Å²) < 4.78 is 1.73. The summed E-state index contributed by atoms with van der Waals surface area (Å²) in [5.74, 6) is 1.16. The van der Waals surface area contributed by atoms with E-state index in [-0.39, 0.29) is 5.28 Å². The lowest BCUT2D eigenvalue weighted by molar-refractivity contribution is 0.609. The summed E-state index contributed by atoms with van der Waals surface area (Å²) in [6, 6.07) is 0.896. The fourth-order valence-corrected chi connectivity index (χ4v) is 2.92. The highest BCUT2D eigenvalue weighted by molar-refractivity contribution is 6.28. The first-order chi connectivity index (χ1) is 9.69. The first kappa shape index (κ1) is 13.3. The molecule has 2 atom stereocenters. The molecule has 2 unspecified atom stereocenters. The van der Waals surface area contributed by atoms with Gasteiger partial charge in [-0.2, -0.15) is 15.0 Å². The molecule has 1 fully saturated rings. The van der Waals surface area contributed by atoms with Crippen LogP contribution in [0.2, 0.25) is 5.28 Å². The highest BCUT2D eigenvalue weighted by atomic mass is 35.5. The van der Waals surface area contributed by atoms with E-state index in [1.165, 1.54) is 6.42 Å². The van der Waals surface area contributed by atoms with Crippen LogP contribution in [-0.2, 0) is 0 Å². The summed E-state index contributed by atoms with van der Waals surface area (Å²) in [5.41, 5.74) is 0. The standard InChI is InChI=1S/C13H17ClN6/c1-3-10-5-4-9(2)20(10)13-17-11(14)16-12(18-13)19-7-6-15-8-19/h6-10H,3-5H2,1-2H3. The zero-order valence-electron chi connectivity index (χ0n) is 11.6. The van der Waals surface area contributed by atoms with Crippen molar-refractivity contribution in [2.24, 2.45) is 0 Å². The number of rotatable bonds is 3. The molecule has 1 saturated heterocycles. The lowest BCUT2D eigenvalue weighted by atomic mass is 10.2. The van der Waals surface area contributed by atoms with Gasteiger partial charge in [-0.25, -0.2) is 4.98 Å². The minimum Gasteiger partial charge on any atom is -0.335 e. The maximum Gasteiger partial charge on any atom is 0.241 e. The number of nitrogens with zero attached hydrogens (tertiary/aromatic N) is 6. The van der Waals surface area contributed by atoms with E-state index in [1.54, 1.807) is 23.3 Å². The SMILES string of the molecule is CCC1CCC(C)N1c1nc(Cl)nc(-n2ccnc2)n1. The Morgan fingerprint density at radius 3 is 2.75 bits per heavy atom. The van der Waals surface area contributed by atoms with E-state index in [2.05, 4.69) is 38.7 Å². The second-order valence-electron chi connectivity index (χ2n) is 5.07. The monoisotopic (exact) mass is 292 g/mol. The molecule has 6 nitrogen and oxygen atoms in total. The summed E-state index contributed by atoms with van der Waals surface area (Å²) >= 11 is 6.06. The van der Waals surface area contributed by atoms with Gasteiger partial charge in [0.15, 0.2) is 0 Å². The maximum absolute atomic E-state index is 6.06. The molecule has 0 saturated carbocycles. The Bertz CT molecular complexity index is 585. The fourth-order valence-electron chi connectivity index (χ4n) is 2.77. The van der Waals surface area contributed by atoms with Gasteiger partial charge in [-0.1, -0.05) is 6.92 Å². The molecule has 0 aromatic carbocycles. The normalized spacial score (nSPS) is 22.4. The molecule has 2 aromatic rings. The van der Waals surface area contributed by atoms with Crippen LogP contribution in [0.15, 0.2) is 18.7 Å². The molecule has 0 spiro atoms. The molecular formula is C13H17ClN6. The van der Waals surface area contributed by atoms with Gasteiger partial charge in [0.2, 0.25) is 17.2 Å². The van der Waals surface area contributed by atoms with E-state index in [4.69, 9.17) is 11.6 Å². The third-order valence-corrected chi connectivity index (χ3v) is 3.98. The molecule has 0 amide bonds. The van der Waals surface area contributed by atoms with E-state index in [9.17, 15) is 0 Å². The summed E-state index contributed by atoms with van der Waals surface area (Å²) in [7, 11) is 0. The van der Waals surface area contributed by atoms with Crippen LogP contribution in [0.25, 0.3) is 5.95 Å². The van der Waals surface area contributed by atoms with Crippen molar-refractivity contribution in [2.75, 3.05) is 4.90 Å². The van der Waals surface area contributed by atoms with Crippen molar-refractivity contribution < 1.29 is 0 Å². The van der Waals surface area contributed by atoms with Crippen LogP contribution in [0.5, 0.6) is 0 Å². The van der Waals surface area contributed by atoms with Gasteiger partial charge in [-0.15, -0.1) is 0 Å². The zero-order valence-corrected chi connectivity index (χ0v) is 12.3. The Balaban J connectivity index is 2.01. The maximum atomic E-state index is 6.06. The van der Waals surface area contributed by atoms with Gasteiger partial charge in [0.25, 0.3) is 0 Å². The first-order valence-electron chi connectivity index (χ1n) is 6.87. The Labute approximate surface area is 122 Å². The van der Waals surface area contributed by atoms with Crippen LogP contribution < -0.4 is 4.90 Å². The Morgan fingerprint density at radius 2 is 2.05 bits per heavy atom. The summed E-state index contributed by atoms with van der Waals surface area (Å²) in [4.78, 5) is 19.3. The van der Waals surface area contributed by atoms with Crippen LogP contribution in [0.4, 0.5) is 5.95 Å². The average Bonchev–Trinajstić information content (AvgIpc) is 3.06. The second kappa shape index (κ2) is 5.36. The fraction of sp³-hybridized carbons (Fsp3) is 0.538. The van der Waals surface area contributed by atoms with Gasteiger partial charge in [-0.3, -0.25) is 4.57 Å². The molecule has 106 valence electrons. The predicted molar refractivity (Wildman–Crippen MR) is 77.2 cm³/mol. The quantitative estimate of drug-likeness (QED) is 0.870. The minimum absolute atomic E-state index is 0.215. The van der Waals surface area contributed by atoms with E-state index >= 15 is 0 Å². The highest BCUT2D eigenvalue weighted by Crippen LogP contribution is 2.30. The molecule has 3 heterocycles. The van der Waals surface area contributed by atoms with Crippen molar-refractivity contribution in [3.8, 4) is 5.95 Å². The van der Waals surface area contributed by atoms with Crippen LogP contribution in [-0.4, -0.2) is 36.6 Å². The Hall–Kier alpha value is -1.69. The molecule has 20 heavy (non-hydrogen) atoms. The van der Waals surface area contributed by atoms with Gasteiger partial charge in [0.05, 0.1) is 0 Å². The largest absolute Gasteiger partial charge is 0.335 e. The number of imidazole rings is 1. The molecule has 0 aliphatic carbocycles. The van der Waals surface area contributed by atoms with E-state index < -0.39 is 0 Å². The van der Waals surface area contributed by atoms with Gasteiger partial charge >= 0.3 is 0 Å². The van der Waals surface area contributed by atoms with Crippen molar-refractivity contribution in [1.82, 2.24) is 24.5 Å². The number of aromatic nitrogens is 5. The van der Waals surface area contributed by atoms with Gasteiger partial charge in [-0.05, 0) is 37.8 Å². The van der Waals surface area contributed by atoms with Gasteiger partial charge in [0.1, 0.15) is 6.33 Å². The van der Waals surface area contributed by atoms with E-state index in [0.717, 1.165) is 12.8 Å².